The number of rotatable bonds is 7. The summed E-state index contributed by atoms with van der Waals surface area (Å²) in [6.45, 7) is 1.37. The van der Waals surface area contributed by atoms with Gasteiger partial charge in [-0.3, -0.25) is 9.36 Å². The number of halogens is 3. The Bertz CT molecular complexity index is 873. The van der Waals surface area contributed by atoms with Crippen molar-refractivity contribution in [1.29, 1.82) is 0 Å². The van der Waals surface area contributed by atoms with Gasteiger partial charge >= 0.3 is 6.18 Å². The van der Waals surface area contributed by atoms with Crippen LogP contribution in [0.1, 0.15) is 10.4 Å². The van der Waals surface area contributed by atoms with Gasteiger partial charge in [-0.05, 0) is 24.3 Å². The lowest BCUT2D eigenvalue weighted by atomic mass is 10.1. The molecular formula is C18H17F3N4OS. The van der Waals surface area contributed by atoms with Crippen LogP contribution in [0.4, 0.5) is 18.3 Å². The summed E-state index contributed by atoms with van der Waals surface area (Å²) < 4.78 is 39.3. The molecule has 0 saturated heterocycles. The Labute approximate surface area is 157 Å². The Morgan fingerprint density at radius 1 is 1.11 bits per heavy atom. The van der Waals surface area contributed by atoms with Crippen molar-refractivity contribution >= 4 is 22.4 Å². The standard InChI is InChI=1S/C18H17F3N4OS/c19-18(20,21)14-5-3-13(4-6-14)15-12-27-17(24-15)23-8-7-22-11-16(26)25-9-1-2-10-25/h1-6,9-10,12,22H,7-8,11H2,(H,23,24). The maximum atomic E-state index is 12.6. The highest BCUT2D eigenvalue weighted by Crippen LogP contribution is 2.31. The normalized spacial score (nSPS) is 11.5. The van der Waals surface area contributed by atoms with E-state index in [-0.39, 0.29) is 12.5 Å². The molecule has 5 nitrogen and oxygen atoms in total. The fraction of sp³-hybridized carbons (Fsp3) is 0.222. The minimum absolute atomic E-state index is 0.0427. The van der Waals surface area contributed by atoms with Crippen molar-refractivity contribution in [2.75, 3.05) is 25.0 Å². The maximum absolute atomic E-state index is 12.6. The molecule has 0 fully saturated rings. The van der Waals surface area contributed by atoms with E-state index in [2.05, 4.69) is 15.6 Å². The Morgan fingerprint density at radius 3 is 2.48 bits per heavy atom. The molecule has 3 aromatic rings. The topological polar surface area (TPSA) is 59.0 Å². The molecule has 2 N–H and O–H groups in total. The number of benzene rings is 1. The molecule has 0 unspecified atom stereocenters. The van der Waals surface area contributed by atoms with E-state index in [0.29, 0.717) is 29.5 Å². The van der Waals surface area contributed by atoms with Gasteiger partial charge in [0, 0.05) is 36.4 Å². The lowest BCUT2D eigenvalue weighted by Gasteiger charge is -2.06. The zero-order valence-corrected chi connectivity index (χ0v) is 15.0. The van der Waals surface area contributed by atoms with Crippen LogP contribution in [0, 0.1) is 0 Å². The summed E-state index contributed by atoms with van der Waals surface area (Å²) in [5, 5.41) is 8.62. The quantitative estimate of drug-likeness (QED) is 0.596. The second kappa shape index (κ2) is 8.36. The van der Waals surface area contributed by atoms with Gasteiger partial charge in [-0.1, -0.05) is 12.1 Å². The number of aromatic nitrogens is 2. The molecule has 0 aliphatic rings. The number of nitrogens with one attached hydrogen (secondary N) is 2. The number of carbonyl (C=O) groups excluding carboxylic acids is 1. The monoisotopic (exact) mass is 394 g/mol. The Kier molecular flexibility index (Phi) is 5.92. The molecular weight excluding hydrogens is 377 g/mol. The largest absolute Gasteiger partial charge is 0.416 e. The van der Waals surface area contributed by atoms with Crippen LogP contribution in [-0.4, -0.2) is 35.1 Å². The first kappa shape index (κ1) is 19.1. The molecule has 0 bridgehead atoms. The van der Waals surface area contributed by atoms with Gasteiger partial charge in [0.25, 0.3) is 0 Å². The summed E-state index contributed by atoms with van der Waals surface area (Å²) in [5.74, 6) is -0.0427. The molecule has 2 aromatic heterocycles. The maximum Gasteiger partial charge on any atom is 0.416 e. The van der Waals surface area contributed by atoms with Crippen LogP contribution in [0.5, 0.6) is 0 Å². The first-order valence-corrected chi connectivity index (χ1v) is 9.05. The average molecular weight is 394 g/mol. The first-order valence-electron chi connectivity index (χ1n) is 8.17. The number of hydrogen-bond acceptors (Lipinski definition) is 5. The van der Waals surface area contributed by atoms with Crippen molar-refractivity contribution in [1.82, 2.24) is 14.9 Å². The molecule has 0 radical (unpaired) electrons. The number of anilines is 1. The van der Waals surface area contributed by atoms with Crippen molar-refractivity contribution in [2.45, 2.75) is 6.18 Å². The summed E-state index contributed by atoms with van der Waals surface area (Å²) in [4.78, 5) is 16.2. The summed E-state index contributed by atoms with van der Waals surface area (Å²) >= 11 is 1.37. The molecule has 0 spiro atoms. The highest BCUT2D eigenvalue weighted by Gasteiger charge is 2.30. The van der Waals surface area contributed by atoms with E-state index >= 15 is 0 Å². The predicted molar refractivity (Wildman–Crippen MR) is 99.0 cm³/mol. The average Bonchev–Trinajstić information content (AvgIpc) is 3.33. The molecule has 0 aliphatic carbocycles. The number of thiazole rings is 1. The van der Waals surface area contributed by atoms with Gasteiger partial charge in [-0.15, -0.1) is 11.3 Å². The molecule has 1 aromatic carbocycles. The van der Waals surface area contributed by atoms with Gasteiger partial charge in [0.1, 0.15) is 0 Å². The molecule has 3 rings (SSSR count). The SMILES string of the molecule is O=C(CNCCNc1nc(-c2ccc(C(F)(F)F)cc2)cs1)n1cccc1. The minimum atomic E-state index is -4.34. The van der Waals surface area contributed by atoms with E-state index in [9.17, 15) is 18.0 Å². The van der Waals surface area contributed by atoms with E-state index in [1.165, 1.54) is 28.0 Å². The Morgan fingerprint density at radius 2 is 1.81 bits per heavy atom. The third-order valence-electron chi connectivity index (χ3n) is 3.76. The second-order valence-electron chi connectivity index (χ2n) is 5.70. The zero-order chi connectivity index (χ0) is 19.3. The molecule has 27 heavy (non-hydrogen) atoms. The highest BCUT2D eigenvalue weighted by atomic mass is 32.1. The third-order valence-corrected chi connectivity index (χ3v) is 4.56. The van der Waals surface area contributed by atoms with Crippen molar-refractivity contribution in [2.24, 2.45) is 0 Å². The van der Waals surface area contributed by atoms with Crippen molar-refractivity contribution in [3.8, 4) is 11.3 Å². The minimum Gasteiger partial charge on any atom is -0.360 e. The molecule has 0 amide bonds. The van der Waals surface area contributed by atoms with Crippen LogP contribution in [-0.2, 0) is 6.18 Å². The molecule has 2 heterocycles. The molecule has 0 saturated carbocycles. The van der Waals surface area contributed by atoms with Crippen LogP contribution in [0.25, 0.3) is 11.3 Å². The van der Waals surface area contributed by atoms with Gasteiger partial charge in [0.05, 0.1) is 17.8 Å². The van der Waals surface area contributed by atoms with Crippen LogP contribution >= 0.6 is 11.3 Å². The molecule has 9 heteroatoms. The Hall–Kier alpha value is -2.65. The number of nitrogens with zero attached hydrogens (tertiary/aromatic N) is 2. The van der Waals surface area contributed by atoms with Crippen LogP contribution in [0.15, 0.2) is 54.2 Å². The molecule has 0 atom stereocenters. The van der Waals surface area contributed by atoms with E-state index in [1.54, 1.807) is 29.9 Å². The summed E-state index contributed by atoms with van der Waals surface area (Å²) in [6.07, 6.45) is -0.954. The molecule has 0 aliphatic heterocycles. The lowest BCUT2D eigenvalue weighted by molar-refractivity contribution is -0.137. The van der Waals surface area contributed by atoms with E-state index in [4.69, 9.17) is 0 Å². The second-order valence-corrected chi connectivity index (χ2v) is 6.56. The van der Waals surface area contributed by atoms with Crippen LogP contribution < -0.4 is 10.6 Å². The van der Waals surface area contributed by atoms with Gasteiger partial charge in [-0.25, -0.2) is 4.98 Å². The van der Waals surface area contributed by atoms with Crippen LogP contribution in [0.2, 0.25) is 0 Å². The van der Waals surface area contributed by atoms with E-state index in [1.807, 2.05) is 0 Å². The highest BCUT2D eigenvalue weighted by molar-refractivity contribution is 7.14. The summed E-state index contributed by atoms with van der Waals surface area (Å²) in [7, 11) is 0. The fourth-order valence-electron chi connectivity index (χ4n) is 2.36. The van der Waals surface area contributed by atoms with Crippen molar-refractivity contribution in [3.63, 3.8) is 0 Å². The first-order chi connectivity index (χ1) is 12.9. The smallest absolute Gasteiger partial charge is 0.360 e. The zero-order valence-electron chi connectivity index (χ0n) is 14.2. The molecule has 142 valence electrons. The number of alkyl halides is 3. The van der Waals surface area contributed by atoms with Gasteiger partial charge in [-0.2, -0.15) is 13.2 Å². The Balaban J connectivity index is 1.45. The number of carbonyl (C=O) groups is 1. The lowest BCUT2D eigenvalue weighted by Crippen LogP contribution is -2.30. The van der Waals surface area contributed by atoms with Gasteiger partial charge in [0.2, 0.25) is 5.91 Å². The van der Waals surface area contributed by atoms with Crippen LogP contribution in [0.3, 0.4) is 0 Å². The van der Waals surface area contributed by atoms with Gasteiger partial charge in [0.15, 0.2) is 5.13 Å². The fourth-order valence-corrected chi connectivity index (χ4v) is 3.11. The van der Waals surface area contributed by atoms with Crippen molar-refractivity contribution < 1.29 is 18.0 Å². The predicted octanol–water partition coefficient (Wildman–Crippen LogP) is 3.97. The number of hydrogen-bond donors (Lipinski definition) is 2. The summed E-state index contributed by atoms with van der Waals surface area (Å²) in [5.41, 5.74) is 0.565. The summed E-state index contributed by atoms with van der Waals surface area (Å²) in [6, 6.07) is 8.50. The third kappa shape index (κ3) is 5.18. The van der Waals surface area contributed by atoms with Crippen molar-refractivity contribution in [3.05, 3.63) is 59.7 Å². The van der Waals surface area contributed by atoms with E-state index < -0.39 is 11.7 Å². The van der Waals surface area contributed by atoms with E-state index in [0.717, 1.165) is 12.1 Å². The van der Waals surface area contributed by atoms with Gasteiger partial charge < -0.3 is 10.6 Å².